The van der Waals surface area contributed by atoms with E-state index >= 15 is 0 Å². The molecule has 190 valence electrons. The van der Waals surface area contributed by atoms with E-state index in [0.29, 0.717) is 36.9 Å². The Morgan fingerprint density at radius 1 is 1.31 bits per heavy atom. The molecule has 1 unspecified atom stereocenters. The first kappa shape index (κ1) is 24.1. The molecule has 0 bridgehead atoms. The van der Waals surface area contributed by atoms with E-state index in [1.165, 1.54) is 5.01 Å². The van der Waals surface area contributed by atoms with Gasteiger partial charge in [-0.25, -0.2) is 30.0 Å². The number of carbonyl (C=O) groups is 1. The van der Waals surface area contributed by atoms with Gasteiger partial charge >= 0.3 is 6.03 Å². The lowest BCUT2D eigenvalue weighted by molar-refractivity contribution is 0.119. The maximum absolute atomic E-state index is 14.6. The summed E-state index contributed by atoms with van der Waals surface area (Å²) in [5, 5.41) is 11.2. The van der Waals surface area contributed by atoms with E-state index in [1.54, 1.807) is 29.8 Å². The van der Waals surface area contributed by atoms with Crippen molar-refractivity contribution in [3.63, 3.8) is 0 Å². The van der Waals surface area contributed by atoms with Crippen molar-refractivity contribution in [1.29, 1.82) is 0 Å². The Kier molecular flexibility index (Phi) is 7.05. The molecule has 2 aromatic heterocycles. The van der Waals surface area contributed by atoms with Crippen molar-refractivity contribution in [3.8, 4) is 0 Å². The van der Waals surface area contributed by atoms with Crippen LogP contribution in [0.3, 0.4) is 0 Å². The third kappa shape index (κ3) is 5.14. The molecule has 13 heteroatoms. The summed E-state index contributed by atoms with van der Waals surface area (Å²) < 4.78 is 14.6. The van der Waals surface area contributed by atoms with Crippen molar-refractivity contribution >= 4 is 29.0 Å². The summed E-state index contributed by atoms with van der Waals surface area (Å²) in [7, 11) is 0. The number of aromatic amines is 1. The number of aromatic nitrogens is 4. The number of hydrogen-bond donors (Lipinski definition) is 5. The zero-order valence-electron chi connectivity index (χ0n) is 19.5. The topological polar surface area (TPSA) is 140 Å². The molecule has 0 radical (unpaired) electrons. The Bertz CT molecular complexity index is 1200. The number of allylic oxidation sites excluding steroid dienone is 2. The van der Waals surface area contributed by atoms with Crippen molar-refractivity contribution in [2.24, 2.45) is 5.84 Å². The highest BCUT2D eigenvalue weighted by Gasteiger charge is 2.30. The number of H-pyrrole nitrogens is 1. The van der Waals surface area contributed by atoms with Gasteiger partial charge in [-0.2, -0.15) is 0 Å². The molecule has 36 heavy (non-hydrogen) atoms. The van der Waals surface area contributed by atoms with Gasteiger partial charge in [0, 0.05) is 61.5 Å². The first-order chi connectivity index (χ1) is 17.5. The van der Waals surface area contributed by atoms with E-state index < -0.39 is 5.82 Å². The number of likely N-dealkylation sites (tertiary alicyclic amines) is 1. The van der Waals surface area contributed by atoms with Gasteiger partial charge < -0.3 is 25.8 Å². The zero-order chi connectivity index (χ0) is 25.1. The average molecular weight is 515 g/mol. The van der Waals surface area contributed by atoms with Crippen molar-refractivity contribution in [2.75, 3.05) is 25.0 Å². The molecular formula is C23H28ClFN10O. The summed E-state index contributed by atoms with van der Waals surface area (Å²) in [6.45, 7) is 1.29. The number of nitrogens with zero attached hydrogens (tertiary/aromatic N) is 5. The van der Waals surface area contributed by atoms with Gasteiger partial charge in [0.1, 0.15) is 6.17 Å². The number of hydrazine groups is 1. The number of urea groups is 1. The van der Waals surface area contributed by atoms with E-state index in [2.05, 4.69) is 35.9 Å². The van der Waals surface area contributed by atoms with E-state index in [4.69, 9.17) is 17.4 Å². The first-order valence-corrected chi connectivity index (χ1v) is 12.2. The van der Waals surface area contributed by atoms with E-state index in [1.807, 2.05) is 6.08 Å². The lowest BCUT2D eigenvalue weighted by Gasteiger charge is -2.38. The summed E-state index contributed by atoms with van der Waals surface area (Å²) >= 11 is 6.14. The molecule has 0 aromatic carbocycles. The first-order valence-electron chi connectivity index (χ1n) is 11.9. The minimum atomic E-state index is -0.566. The monoisotopic (exact) mass is 514 g/mol. The molecule has 5 rings (SSSR count). The number of anilines is 1. The second kappa shape index (κ2) is 10.5. The van der Waals surface area contributed by atoms with Gasteiger partial charge in [-0.1, -0.05) is 11.6 Å². The molecule has 1 saturated heterocycles. The van der Waals surface area contributed by atoms with Crippen LogP contribution in [0.5, 0.6) is 0 Å². The Labute approximate surface area is 212 Å². The highest BCUT2D eigenvalue weighted by Crippen LogP contribution is 2.31. The molecule has 5 heterocycles. The summed E-state index contributed by atoms with van der Waals surface area (Å²) in [4.78, 5) is 30.4. The number of imidazole rings is 1. The summed E-state index contributed by atoms with van der Waals surface area (Å²) in [6.07, 6.45) is 12.8. The number of amides is 2. The van der Waals surface area contributed by atoms with E-state index in [9.17, 15) is 9.18 Å². The van der Waals surface area contributed by atoms with Crippen LogP contribution in [0.1, 0.15) is 30.8 Å². The molecule has 2 amide bonds. The van der Waals surface area contributed by atoms with Crippen molar-refractivity contribution in [3.05, 3.63) is 65.1 Å². The molecule has 0 aliphatic carbocycles. The predicted octanol–water partition coefficient (Wildman–Crippen LogP) is 2.02. The predicted molar refractivity (Wildman–Crippen MR) is 133 cm³/mol. The third-order valence-corrected chi connectivity index (χ3v) is 6.70. The average Bonchev–Trinajstić information content (AvgIpc) is 3.56. The normalized spacial score (nSPS) is 21.0. The van der Waals surface area contributed by atoms with Crippen molar-refractivity contribution < 1.29 is 9.18 Å². The van der Waals surface area contributed by atoms with E-state index in [0.717, 1.165) is 42.3 Å². The Morgan fingerprint density at radius 2 is 2.17 bits per heavy atom. The molecular weight excluding hydrogens is 487 g/mol. The number of dihydropyridines is 1. The maximum Gasteiger partial charge on any atom is 0.334 e. The number of nitrogens with one attached hydrogen (secondary N) is 4. The van der Waals surface area contributed by atoms with Crippen molar-refractivity contribution in [2.45, 2.75) is 37.9 Å². The minimum absolute atomic E-state index is 0.0807. The van der Waals surface area contributed by atoms with Crippen LogP contribution in [0.25, 0.3) is 5.57 Å². The largest absolute Gasteiger partial charge is 0.367 e. The molecule has 6 N–H and O–H groups in total. The molecule has 0 saturated carbocycles. The molecule has 2 aromatic rings. The Hall–Kier alpha value is -3.64. The van der Waals surface area contributed by atoms with Crippen LogP contribution in [0.15, 0.2) is 47.8 Å². The van der Waals surface area contributed by atoms with Crippen LogP contribution >= 0.6 is 11.6 Å². The fraction of sp³-hybridized carbons (Fsp3) is 0.391. The van der Waals surface area contributed by atoms with Gasteiger partial charge in [0.25, 0.3) is 0 Å². The number of hydrogen-bond acceptors (Lipinski definition) is 8. The molecule has 11 nitrogen and oxygen atoms in total. The molecule has 1 fully saturated rings. The fourth-order valence-corrected chi connectivity index (χ4v) is 4.74. The van der Waals surface area contributed by atoms with Gasteiger partial charge in [0.15, 0.2) is 17.5 Å². The van der Waals surface area contributed by atoms with Gasteiger partial charge in [-0.05, 0) is 25.3 Å². The van der Waals surface area contributed by atoms with Gasteiger partial charge in [-0.15, -0.1) is 0 Å². The lowest BCUT2D eigenvalue weighted by Crippen LogP contribution is -2.55. The number of halogens is 2. The number of carbonyl (C=O) groups excluding carboxylic acids is 1. The lowest BCUT2D eigenvalue weighted by atomic mass is 10.0. The second-order valence-electron chi connectivity index (χ2n) is 8.87. The van der Waals surface area contributed by atoms with Crippen LogP contribution in [0.4, 0.5) is 15.0 Å². The van der Waals surface area contributed by atoms with Crippen LogP contribution in [0, 0.1) is 5.82 Å². The maximum atomic E-state index is 14.6. The van der Waals surface area contributed by atoms with Crippen LogP contribution in [-0.4, -0.2) is 67.7 Å². The van der Waals surface area contributed by atoms with Gasteiger partial charge in [0.05, 0.1) is 23.6 Å². The third-order valence-electron chi connectivity index (χ3n) is 6.48. The molecule has 3 aliphatic heterocycles. The molecule has 0 spiro atoms. The SMILES string of the molecule is NN(CCc1cnc[nH]1)C(=O)N1CCCC[C@@H]1CNc1nc(C2=CNC3NC=C(Cl)C=C23)ncc1F. The minimum Gasteiger partial charge on any atom is -0.367 e. The van der Waals surface area contributed by atoms with Crippen LogP contribution < -0.4 is 21.8 Å². The smallest absolute Gasteiger partial charge is 0.334 e. The van der Waals surface area contributed by atoms with Crippen LogP contribution in [0.2, 0.25) is 0 Å². The summed E-state index contributed by atoms with van der Waals surface area (Å²) in [5.41, 5.74) is 2.51. The number of fused-ring (bicyclic) bond motifs is 1. The van der Waals surface area contributed by atoms with E-state index in [-0.39, 0.29) is 24.1 Å². The van der Waals surface area contributed by atoms with Crippen molar-refractivity contribution in [1.82, 2.24) is 40.5 Å². The zero-order valence-corrected chi connectivity index (χ0v) is 20.3. The second-order valence-corrected chi connectivity index (χ2v) is 9.31. The summed E-state index contributed by atoms with van der Waals surface area (Å²) in [5.74, 6) is 5.97. The highest BCUT2D eigenvalue weighted by atomic mass is 35.5. The fourth-order valence-electron chi connectivity index (χ4n) is 4.56. The Morgan fingerprint density at radius 3 is 3.00 bits per heavy atom. The number of nitrogens with two attached hydrogens (primary N) is 1. The molecule has 3 aliphatic rings. The number of piperidine rings is 1. The quantitative estimate of drug-likeness (QED) is 0.215. The molecule has 2 atom stereocenters. The van der Waals surface area contributed by atoms with Crippen LogP contribution in [-0.2, 0) is 6.42 Å². The summed E-state index contributed by atoms with van der Waals surface area (Å²) in [6, 6.07) is -0.395. The van der Waals surface area contributed by atoms with Gasteiger partial charge in [-0.3, -0.25) is 5.01 Å². The standard InChI is InChI=1S/C23H28ClFN10O/c24-14-7-17-18(11-30-20(17)28-8-14)21-31-12-19(25)22(33-21)29-10-16-3-1-2-5-34(16)23(36)35(26)6-4-15-9-27-13-32-15/h7-9,11-13,16,20,28,30H,1-6,10,26H2,(H,27,32)(H,29,31,33)/t16-,20?/m1/s1. The van der Waals surface area contributed by atoms with Gasteiger partial charge in [0.2, 0.25) is 0 Å². The number of rotatable bonds is 7. The highest BCUT2D eigenvalue weighted by molar-refractivity contribution is 6.31. The Balaban J connectivity index is 1.24.